The molecule has 0 saturated heterocycles. The Morgan fingerprint density at radius 1 is 1.20 bits per heavy atom. The lowest BCUT2D eigenvalue weighted by molar-refractivity contribution is 0.582. The lowest BCUT2D eigenvalue weighted by Gasteiger charge is -2.08. The Balaban J connectivity index is 2.71. The van der Waals surface area contributed by atoms with E-state index in [2.05, 4.69) is 20.4 Å². The topological polar surface area (TPSA) is 90.6 Å². The molecule has 0 N–H and O–H groups in total. The van der Waals surface area contributed by atoms with Crippen LogP contribution in [-0.4, -0.2) is 33.4 Å². The number of hydrogen-bond acceptors (Lipinski definition) is 6. The molecule has 0 bridgehead atoms. The Bertz CT molecular complexity index is 741. The van der Waals surface area contributed by atoms with Gasteiger partial charge in [0.15, 0.2) is 5.82 Å². The summed E-state index contributed by atoms with van der Waals surface area (Å²) in [4.78, 5) is 0. The summed E-state index contributed by atoms with van der Waals surface area (Å²) in [5, 5.41) is 15.5. The summed E-state index contributed by atoms with van der Waals surface area (Å²) < 4.78 is 24.4. The maximum Gasteiger partial charge on any atom is 0.296 e. The fourth-order valence-corrected chi connectivity index (χ4v) is 2.88. The highest BCUT2D eigenvalue weighted by Gasteiger charge is 2.24. The molecule has 0 saturated carbocycles. The number of aromatic nitrogens is 5. The van der Waals surface area contributed by atoms with E-state index in [1.807, 2.05) is 19.9 Å². The predicted octanol–water partition coefficient (Wildman–Crippen LogP) is 1.55. The molecule has 2 rings (SSSR count). The first-order chi connectivity index (χ1) is 9.38. The van der Waals surface area contributed by atoms with Crippen LogP contribution >= 0.6 is 10.7 Å². The zero-order chi connectivity index (χ0) is 14.9. The van der Waals surface area contributed by atoms with Crippen molar-refractivity contribution in [3.05, 3.63) is 17.5 Å². The summed E-state index contributed by atoms with van der Waals surface area (Å²) in [5.74, 6) is 0.432. The second kappa shape index (κ2) is 5.45. The maximum absolute atomic E-state index is 11.5. The van der Waals surface area contributed by atoms with Crippen LogP contribution in [0.3, 0.4) is 0 Å². The largest absolute Gasteiger partial charge is 0.297 e. The molecule has 0 amide bonds. The third kappa shape index (κ3) is 2.66. The van der Waals surface area contributed by atoms with Crippen molar-refractivity contribution in [3.8, 4) is 11.4 Å². The van der Waals surface area contributed by atoms with E-state index in [1.165, 1.54) is 4.57 Å². The number of nitrogens with zero attached hydrogens (tertiary/aromatic N) is 5. The monoisotopic (exact) mass is 315 g/mol. The zero-order valence-corrected chi connectivity index (χ0v) is 12.9. The van der Waals surface area contributed by atoms with Gasteiger partial charge in [0.05, 0.1) is 11.4 Å². The van der Waals surface area contributed by atoms with Gasteiger partial charge in [0.25, 0.3) is 14.2 Å². The van der Waals surface area contributed by atoms with E-state index in [1.54, 1.807) is 6.92 Å². The maximum atomic E-state index is 11.5. The first-order valence-corrected chi connectivity index (χ1v) is 8.40. The van der Waals surface area contributed by atoms with Crippen LogP contribution in [-0.2, 0) is 22.0 Å². The molecular weight excluding hydrogens is 302 g/mol. The van der Waals surface area contributed by atoms with Crippen LogP contribution < -0.4 is 0 Å². The van der Waals surface area contributed by atoms with Crippen molar-refractivity contribution in [2.45, 2.75) is 38.9 Å². The normalized spacial score (nSPS) is 11.8. The van der Waals surface area contributed by atoms with Gasteiger partial charge >= 0.3 is 0 Å². The molecule has 7 nitrogen and oxygen atoms in total. The lowest BCUT2D eigenvalue weighted by Crippen LogP contribution is -2.08. The van der Waals surface area contributed by atoms with Gasteiger partial charge in [-0.15, -0.1) is 10.2 Å². The Hall–Kier alpha value is -1.54. The van der Waals surface area contributed by atoms with Crippen LogP contribution in [0.4, 0.5) is 0 Å². The van der Waals surface area contributed by atoms with E-state index in [9.17, 15) is 8.42 Å². The van der Waals surface area contributed by atoms with Gasteiger partial charge in [0.2, 0.25) is 0 Å². The van der Waals surface area contributed by atoms with Crippen molar-refractivity contribution < 1.29 is 8.42 Å². The standard InChI is InChI=1S/C11H14ClN5O2S/c1-4-9-8(6-7(3)13-14-9)10-15-16-11(17(10)5-2)20(12,18)19/h6H,4-5H2,1-3H3. The minimum atomic E-state index is -3.94. The number of aryl methyl sites for hydroxylation is 2. The molecule has 0 radical (unpaired) electrons. The number of halogens is 1. The summed E-state index contributed by atoms with van der Waals surface area (Å²) in [6.07, 6.45) is 0.655. The van der Waals surface area contributed by atoms with E-state index < -0.39 is 9.05 Å². The Morgan fingerprint density at radius 3 is 2.45 bits per heavy atom. The highest BCUT2D eigenvalue weighted by atomic mass is 35.7. The van der Waals surface area contributed by atoms with Gasteiger partial charge in [-0.2, -0.15) is 10.2 Å². The molecule has 0 aliphatic carbocycles. The van der Waals surface area contributed by atoms with Gasteiger partial charge < -0.3 is 0 Å². The highest BCUT2D eigenvalue weighted by Crippen LogP contribution is 2.25. The van der Waals surface area contributed by atoms with Crippen LogP contribution in [0.15, 0.2) is 11.2 Å². The fraction of sp³-hybridized carbons (Fsp3) is 0.455. The van der Waals surface area contributed by atoms with Gasteiger partial charge in [0.1, 0.15) is 0 Å². The molecule has 2 aromatic rings. The first-order valence-electron chi connectivity index (χ1n) is 6.09. The van der Waals surface area contributed by atoms with Crippen LogP contribution in [0, 0.1) is 6.92 Å². The van der Waals surface area contributed by atoms with Crippen molar-refractivity contribution >= 4 is 19.7 Å². The van der Waals surface area contributed by atoms with Crippen LogP contribution in [0.25, 0.3) is 11.4 Å². The molecule has 9 heteroatoms. The quantitative estimate of drug-likeness (QED) is 0.795. The first kappa shape index (κ1) is 14.9. The third-order valence-electron chi connectivity index (χ3n) is 2.82. The van der Waals surface area contributed by atoms with Crippen molar-refractivity contribution in [2.24, 2.45) is 0 Å². The van der Waals surface area contributed by atoms with E-state index in [0.717, 1.165) is 17.0 Å². The summed E-state index contributed by atoms with van der Waals surface area (Å²) >= 11 is 0. The van der Waals surface area contributed by atoms with E-state index in [-0.39, 0.29) is 5.16 Å². The van der Waals surface area contributed by atoms with Crippen molar-refractivity contribution in [1.82, 2.24) is 25.0 Å². The highest BCUT2D eigenvalue weighted by molar-refractivity contribution is 8.13. The summed E-state index contributed by atoms with van der Waals surface area (Å²) in [7, 11) is 1.43. The van der Waals surface area contributed by atoms with E-state index >= 15 is 0 Å². The number of hydrogen-bond donors (Lipinski definition) is 0. The molecule has 0 aromatic carbocycles. The molecule has 0 atom stereocenters. The summed E-state index contributed by atoms with van der Waals surface area (Å²) in [6, 6.07) is 1.81. The molecule has 0 aliphatic rings. The Kier molecular flexibility index (Phi) is 4.05. The molecule has 0 spiro atoms. The molecule has 20 heavy (non-hydrogen) atoms. The van der Waals surface area contributed by atoms with Crippen LogP contribution in [0.1, 0.15) is 25.2 Å². The Morgan fingerprint density at radius 2 is 1.90 bits per heavy atom. The second-order valence-corrected chi connectivity index (χ2v) is 6.65. The van der Waals surface area contributed by atoms with Crippen molar-refractivity contribution in [1.29, 1.82) is 0 Å². The Labute approximate surface area is 121 Å². The van der Waals surface area contributed by atoms with Gasteiger partial charge in [-0.3, -0.25) is 4.57 Å². The molecule has 0 fully saturated rings. The molecule has 0 aliphatic heterocycles. The van der Waals surface area contributed by atoms with Gasteiger partial charge in [-0.05, 0) is 26.3 Å². The van der Waals surface area contributed by atoms with E-state index in [4.69, 9.17) is 10.7 Å². The van der Waals surface area contributed by atoms with Gasteiger partial charge in [0, 0.05) is 22.8 Å². The smallest absolute Gasteiger partial charge is 0.296 e. The average Bonchev–Trinajstić information content (AvgIpc) is 2.82. The average molecular weight is 316 g/mol. The third-order valence-corrected chi connectivity index (χ3v) is 3.97. The van der Waals surface area contributed by atoms with Gasteiger partial charge in [-0.1, -0.05) is 6.92 Å². The molecule has 2 heterocycles. The lowest BCUT2D eigenvalue weighted by atomic mass is 10.1. The van der Waals surface area contributed by atoms with Crippen LogP contribution in [0.5, 0.6) is 0 Å². The minimum Gasteiger partial charge on any atom is -0.297 e. The molecule has 2 aromatic heterocycles. The fourth-order valence-electron chi connectivity index (χ4n) is 1.92. The zero-order valence-electron chi connectivity index (χ0n) is 11.3. The molecule has 108 valence electrons. The predicted molar refractivity (Wildman–Crippen MR) is 73.9 cm³/mol. The minimum absolute atomic E-state index is 0.256. The molecule has 0 unspecified atom stereocenters. The summed E-state index contributed by atoms with van der Waals surface area (Å²) in [5.41, 5.74) is 2.18. The van der Waals surface area contributed by atoms with Gasteiger partial charge in [-0.25, -0.2) is 8.42 Å². The second-order valence-electron chi connectivity index (χ2n) is 4.19. The summed E-state index contributed by atoms with van der Waals surface area (Å²) in [6.45, 7) is 5.93. The van der Waals surface area contributed by atoms with Crippen LogP contribution in [0.2, 0.25) is 0 Å². The van der Waals surface area contributed by atoms with Crippen molar-refractivity contribution in [3.63, 3.8) is 0 Å². The van der Waals surface area contributed by atoms with E-state index in [0.29, 0.717) is 18.8 Å². The number of rotatable bonds is 4. The van der Waals surface area contributed by atoms with Crippen molar-refractivity contribution in [2.75, 3.05) is 0 Å². The SMILES string of the molecule is CCc1nnc(C)cc1-c1nnc(S(=O)(=O)Cl)n1CC. The molecular formula is C11H14ClN5O2S.